The third-order valence-corrected chi connectivity index (χ3v) is 2.41. The van der Waals surface area contributed by atoms with E-state index in [1.165, 1.54) is 0 Å². The van der Waals surface area contributed by atoms with Crippen LogP contribution in [0.25, 0.3) is 0 Å². The molecule has 5 nitrogen and oxygen atoms in total. The van der Waals surface area contributed by atoms with Gasteiger partial charge < -0.3 is 19.7 Å². The third-order valence-electron chi connectivity index (χ3n) is 2.41. The van der Waals surface area contributed by atoms with Crippen molar-refractivity contribution in [2.75, 3.05) is 13.2 Å². The van der Waals surface area contributed by atoms with Crippen molar-refractivity contribution in [3.63, 3.8) is 0 Å². The Morgan fingerprint density at radius 1 is 1.71 bits per heavy atom. The molecule has 0 amide bonds. The van der Waals surface area contributed by atoms with Crippen LogP contribution in [-0.4, -0.2) is 53.3 Å². The molecular formula is C8H16BNO4. The summed E-state index contributed by atoms with van der Waals surface area (Å²) >= 11 is 0. The van der Waals surface area contributed by atoms with Crippen LogP contribution in [-0.2, 0) is 9.53 Å². The van der Waals surface area contributed by atoms with Gasteiger partial charge in [0.25, 0.3) is 0 Å². The SMILES string of the molecule is CCOC(=O)[C@H]1[C@@H](O)CCN1B(C)O. The minimum absolute atomic E-state index is 0.287. The van der Waals surface area contributed by atoms with E-state index in [2.05, 4.69) is 0 Å². The second-order valence-corrected chi connectivity index (χ2v) is 3.42. The van der Waals surface area contributed by atoms with Crippen LogP contribution in [0, 0.1) is 0 Å². The molecule has 1 aliphatic heterocycles. The van der Waals surface area contributed by atoms with E-state index in [0.29, 0.717) is 13.0 Å². The van der Waals surface area contributed by atoms with E-state index in [1.54, 1.807) is 18.6 Å². The topological polar surface area (TPSA) is 70.0 Å². The van der Waals surface area contributed by atoms with E-state index >= 15 is 0 Å². The average Bonchev–Trinajstić information content (AvgIpc) is 2.47. The molecule has 0 bridgehead atoms. The molecule has 0 spiro atoms. The number of esters is 1. The fraction of sp³-hybridized carbons (Fsp3) is 0.875. The molecule has 0 radical (unpaired) electrons. The molecule has 1 saturated heterocycles. The van der Waals surface area contributed by atoms with E-state index in [9.17, 15) is 14.9 Å². The number of rotatable bonds is 3. The lowest BCUT2D eigenvalue weighted by molar-refractivity contribution is -0.149. The Morgan fingerprint density at radius 2 is 2.36 bits per heavy atom. The number of hydrogen-bond donors (Lipinski definition) is 2. The van der Waals surface area contributed by atoms with Crippen LogP contribution in [0.5, 0.6) is 0 Å². The van der Waals surface area contributed by atoms with Gasteiger partial charge in [0.1, 0.15) is 6.04 Å². The van der Waals surface area contributed by atoms with Gasteiger partial charge in [0, 0.05) is 0 Å². The molecule has 0 aromatic carbocycles. The first-order valence-corrected chi connectivity index (χ1v) is 4.86. The van der Waals surface area contributed by atoms with Gasteiger partial charge in [0.05, 0.1) is 12.7 Å². The molecule has 0 aliphatic carbocycles. The van der Waals surface area contributed by atoms with E-state index in [1.807, 2.05) is 0 Å². The normalized spacial score (nSPS) is 27.7. The lowest BCUT2D eigenvalue weighted by atomic mass is 9.84. The monoisotopic (exact) mass is 201 g/mol. The quantitative estimate of drug-likeness (QED) is 0.457. The van der Waals surface area contributed by atoms with Gasteiger partial charge in [-0.1, -0.05) is 0 Å². The lowest BCUT2D eigenvalue weighted by Crippen LogP contribution is -2.49. The summed E-state index contributed by atoms with van der Waals surface area (Å²) < 4.78 is 4.82. The maximum atomic E-state index is 11.4. The standard InChI is InChI=1S/C8H16BNO4/c1-3-14-8(12)7-6(11)4-5-10(7)9(2)13/h6-7,11,13H,3-5H2,1-2H3/t6-,7+/m0/s1. The maximum Gasteiger partial charge on any atom is 0.377 e. The molecule has 0 aromatic rings. The van der Waals surface area contributed by atoms with E-state index < -0.39 is 25.2 Å². The summed E-state index contributed by atoms with van der Waals surface area (Å²) in [4.78, 5) is 13.0. The Kier molecular flexibility index (Phi) is 3.91. The van der Waals surface area contributed by atoms with Gasteiger partial charge in [-0.25, -0.2) is 0 Å². The van der Waals surface area contributed by atoms with Crippen LogP contribution < -0.4 is 0 Å². The summed E-state index contributed by atoms with van der Waals surface area (Å²) in [6.07, 6.45) is -0.238. The highest BCUT2D eigenvalue weighted by Gasteiger charge is 2.42. The Hall–Kier alpha value is -0.585. The zero-order valence-electron chi connectivity index (χ0n) is 8.51. The zero-order chi connectivity index (χ0) is 10.7. The van der Waals surface area contributed by atoms with Gasteiger partial charge in [0.15, 0.2) is 0 Å². The molecule has 2 N–H and O–H groups in total. The predicted octanol–water partition coefficient (Wildman–Crippen LogP) is -0.905. The summed E-state index contributed by atoms with van der Waals surface area (Å²) in [5.41, 5.74) is 0. The van der Waals surface area contributed by atoms with Crippen LogP contribution in [0.1, 0.15) is 13.3 Å². The van der Waals surface area contributed by atoms with Crippen LogP contribution in [0.15, 0.2) is 0 Å². The molecule has 1 heterocycles. The van der Waals surface area contributed by atoms with Crippen molar-refractivity contribution in [2.24, 2.45) is 0 Å². The van der Waals surface area contributed by atoms with Gasteiger partial charge in [0.2, 0.25) is 0 Å². The Balaban J connectivity index is 2.66. The predicted molar refractivity (Wildman–Crippen MR) is 51.6 cm³/mol. The van der Waals surface area contributed by atoms with Crippen LogP contribution in [0.3, 0.4) is 0 Å². The first kappa shape index (κ1) is 11.5. The zero-order valence-corrected chi connectivity index (χ0v) is 8.51. The number of ether oxygens (including phenoxy) is 1. The van der Waals surface area contributed by atoms with Gasteiger partial charge in [-0.05, 0) is 26.7 Å². The third kappa shape index (κ3) is 2.26. The number of carbonyl (C=O) groups is 1. The molecule has 0 saturated carbocycles. The number of carbonyl (C=O) groups excluding carboxylic acids is 1. The number of nitrogens with zero attached hydrogens (tertiary/aromatic N) is 1. The Morgan fingerprint density at radius 3 is 2.86 bits per heavy atom. The van der Waals surface area contributed by atoms with Crippen molar-refractivity contribution in [3.05, 3.63) is 0 Å². The highest BCUT2D eigenvalue weighted by atomic mass is 16.5. The van der Waals surface area contributed by atoms with Gasteiger partial charge in [-0.15, -0.1) is 0 Å². The maximum absolute atomic E-state index is 11.4. The van der Waals surface area contributed by atoms with E-state index in [-0.39, 0.29) is 6.61 Å². The molecule has 6 heteroatoms. The van der Waals surface area contributed by atoms with E-state index in [4.69, 9.17) is 4.74 Å². The summed E-state index contributed by atoms with van der Waals surface area (Å²) in [6, 6.07) is -0.713. The van der Waals surface area contributed by atoms with Crippen molar-refractivity contribution in [1.29, 1.82) is 0 Å². The molecular weight excluding hydrogens is 185 g/mol. The van der Waals surface area contributed by atoms with Gasteiger partial charge in [-0.2, -0.15) is 0 Å². The number of hydrogen-bond acceptors (Lipinski definition) is 5. The highest BCUT2D eigenvalue weighted by Crippen LogP contribution is 2.19. The molecule has 0 unspecified atom stereocenters. The van der Waals surface area contributed by atoms with Crippen molar-refractivity contribution >= 4 is 13.0 Å². The first-order chi connectivity index (χ1) is 6.57. The molecule has 2 atom stereocenters. The summed E-state index contributed by atoms with van der Waals surface area (Å²) in [7, 11) is -0.735. The minimum Gasteiger partial charge on any atom is -0.465 e. The number of aliphatic hydroxyl groups is 1. The van der Waals surface area contributed by atoms with Crippen LogP contribution >= 0.6 is 0 Å². The van der Waals surface area contributed by atoms with Crippen molar-refractivity contribution in [2.45, 2.75) is 32.3 Å². The molecule has 80 valence electrons. The highest BCUT2D eigenvalue weighted by molar-refractivity contribution is 6.45. The first-order valence-electron chi connectivity index (χ1n) is 4.86. The molecule has 0 aromatic heterocycles. The fourth-order valence-corrected chi connectivity index (χ4v) is 1.74. The summed E-state index contributed by atoms with van der Waals surface area (Å²) in [5, 5.41) is 18.9. The average molecular weight is 201 g/mol. The minimum atomic E-state index is -0.735. The largest absolute Gasteiger partial charge is 0.465 e. The van der Waals surface area contributed by atoms with Crippen LogP contribution in [0.4, 0.5) is 0 Å². The smallest absolute Gasteiger partial charge is 0.377 e. The second kappa shape index (κ2) is 4.77. The van der Waals surface area contributed by atoms with Gasteiger partial charge in [-0.3, -0.25) is 4.79 Å². The molecule has 1 fully saturated rings. The van der Waals surface area contributed by atoms with E-state index in [0.717, 1.165) is 0 Å². The van der Waals surface area contributed by atoms with Crippen molar-refractivity contribution in [1.82, 2.24) is 4.81 Å². The summed E-state index contributed by atoms with van der Waals surface area (Å²) in [5.74, 6) is -0.460. The number of aliphatic hydroxyl groups excluding tert-OH is 1. The molecule has 1 rings (SSSR count). The van der Waals surface area contributed by atoms with Crippen molar-refractivity contribution in [3.8, 4) is 0 Å². The van der Waals surface area contributed by atoms with Gasteiger partial charge >= 0.3 is 13.0 Å². The fourth-order valence-electron chi connectivity index (χ4n) is 1.74. The Labute approximate surface area is 83.8 Å². The summed E-state index contributed by atoms with van der Waals surface area (Å²) in [6.45, 7) is 4.09. The second-order valence-electron chi connectivity index (χ2n) is 3.42. The van der Waals surface area contributed by atoms with Crippen molar-refractivity contribution < 1.29 is 19.7 Å². The molecule has 14 heavy (non-hydrogen) atoms. The molecule has 1 aliphatic rings. The Bertz CT molecular complexity index is 212. The lowest BCUT2D eigenvalue weighted by Gasteiger charge is -2.24. The van der Waals surface area contributed by atoms with Crippen LogP contribution in [0.2, 0.25) is 6.82 Å².